The first kappa shape index (κ1) is 16.4. The minimum atomic E-state index is 0.715. The standard InChI is InChI=1S/C20H30N2O2/c1-23-20-5-2-4-16-17-8-11-22(19(17)7-6-18(16)20)10-3-9-21-12-14-24-15-13-21/h2,4-5,17,19H,3,6-15H2,1H3/t17-,19+/m0/s1. The third-order valence-corrected chi connectivity index (χ3v) is 6.16. The SMILES string of the molecule is COc1cccc2c1CC[C@@H]1[C@H]2CCN1CCCN1CCOCC1. The van der Waals surface area contributed by atoms with Gasteiger partial charge in [-0.05, 0) is 62.5 Å². The van der Waals surface area contributed by atoms with E-state index >= 15 is 0 Å². The summed E-state index contributed by atoms with van der Waals surface area (Å²) in [5.41, 5.74) is 3.03. The molecule has 4 rings (SSSR count). The predicted octanol–water partition coefficient (Wildman–Crippen LogP) is 2.52. The van der Waals surface area contributed by atoms with Crippen LogP contribution >= 0.6 is 0 Å². The molecular formula is C20H30N2O2. The average Bonchev–Trinajstić information content (AvgIpc) is 3.05. The highest BCUT2D eigenvalue weighted by Gasteiger charge is 2.38. The molecule has 2 aliphatic heterocycles. The van der Waals surface area contributed by atoms with Crippen molar-refractivity contribution in [3.8, 4) is 5.75 Å². The Bertz CT molecular complexity index is 557. The second kappa shape index (κ2) is 7.42. The molecule has 0 bridgehead atoms. The molecule has 0 aromatic heterocycles. The number of hydrogen-bond acceptors (Lipinski definition) is 4. The van der Waals surface area contributed by atoms with Gasteiger partial charge in [-0.15, -0.1) is 0 Å². The number of nitrogens with zero attached hydrogens (tertiary/aromatic N) is 2. The van der Waals surface area contributed by atoms with Gasteiger partial charge in [0, 0.05) is 25.0 Å². The quantitative estimate of drug-likeness (QED) is 0.828. The molecule has 0 amide bonds. The van der Waals surface area contributed by atoms with Crippen molar-refractivity contribution >= 4 is 0 Å². The molecule has 24 heavy (non-hydrogen) atoms. The fourth-order valence-electron chi connectivity index (χ4n) is 4.94. The molecule has 4 nitrogen and oxygen atoms in total. The Morgan fingerprint density at radius 3 is 2.83 bits per heavy atom. The van der Waals surface area contributed by atoms with Crippen LogP contribution in [0.3, 0.4) is 0 Å². The molecular weight excluding hydrogens is 300 g/mol. The molecule has 2 saturated heterocycles. The van der Waals surface area contributed by atoms with Crippen molar-refractivity contribution in [2.45, 2.75) is 37.6 Å². The number of morpholine rings is 1. The summed E-state index contributed by atoms with van der Waals surface area (Å²) in [4.78, 5) is 5.31. The van der Waals surface area contributed by atoms with Gasteiger partial charge in [0.25, 0.3) is 0 Å². The Balaban J connectivity index is 1.35. The molecule has 4 heteroatoms. The van der Waals surface area contributed by atoms with Crippen molar-refractivity contribution in [1.29, 1.82) is 0 Å². The fourth-order valence-corrected chi connectivity index (χ4v) is 4.94. The predicted molar refractivity (Wildman–Crippen MR) is 95.9 cm³/mol. The molecule has 3 aliphatic rings. The lowest BCUT2D eigenvalue weighted by Crippen LogP contribution is -2.40. The first-order chi connectivity index (χ1) is 11.9. The van der Waals surface area contributed by atoms with Crippen LogP contribution in [0.5, 0.6) is 5.75 Å². The Kier molecular flexibility index (Phi) is 5.06. The summed E-state index contributed by atoms with van der Waals surface area (Å²) in [5.74, 6) is 1.81. The minimum absolute atomic E-state index is 0.715. The first-order valence-electron chi connectivity index (χ1n) is 9.57. The lowest BCUT2D eigenvalue weighted by Gasteiger charge is -2.34. The van der Waals surface area contributed by atoms with E-state index in [1.165, 1.54) is 50.9 Å². The third kappa shape index (κ3) is 3.19. The van der Waals surface area contributed by atoms with Gasteiger partial charge in [-0.1, -0.05) is 12.1 Å². The maximum absolute atomic E-state index is 5.59. The smallest absolute Gasteiger partial charge is 0.122 e. The van der Waals surface area contributed by atoms with Crippen LogP contribution in [0.25, 0.3) is 0 Å². The first-order valence-corrected chi connectivity index (χ1v) is 9.57. The monoisotopic (exact) mass is 330 g/mol. The van der Waals surface area contributed by atoms with E-state index in [4.69, 9.17) is 9.47 Å². The van der Waals surface area contributed by atoms with Crippen molar-refractivity contribution in [3.05, 3.63) is 29.3 Å². The van der Waals surface area contributed by atoms with E-state index in [9.17, 15) is 0 Å². The number of fused-ring (bicyclic) bond motifs is 3. The zero-order valence-corrected chi connectivity index (χ0v) is 14.9. The molecule has 2 heterocycles. The van der Waals surface area contributed by atoms with E-state index in [2.05, 4.69) is 28.0 Å². The van der Waals surface area contributed by atoms with Crippen LogP contribution in [0.4, 0.5) is 0 Å². The summed E-state index contributed by atoms with van der Waals surface area (Å²) in [6.45, 7) is 7.77. The highest BCUT2D eigenvalue weighted by molar-refractivity contribution is 5.45. The van der Waals surface area contributed by atoms with Gasteiger partial charge in [0.15, 0.2) is 0 Å². The van der Waals surface area contributed by atoms with Crippen LogP contribution in [0.15, 0.2) is 18.2 Å². The Labute approximate surface area is 145 Å². The van der Waals surface area contributed by atoms with Gasteiger partial charge in [-0.3, -0.25) is 9.80 Å². The fraction of sp³-hybridized carbons (Fsp3) is 0.700. The number of ether oxygens (including phenoxy) is 2. The molecule has 1 aliphatic carbocycles. The molecule has 132 valence electrons. The van der Waals surface area contributed by atoms with Gasteiger partial charge in [-0.25, -0.2) is 0 Å². The molecule has 0 N–H and O–H groups in total. The van der Waals surface area contributed by atoms with Crippen molar-refractivity contribution in [1.82, 2.24) is 9.80 Å². The van der Waals surface area contributed by atoms with E-state index in [0.717, 1.165) is 38.1 Å². The highest BCUT2D eigenvalue weighted by atomic mass is 16.5. The van der Waals surface area contributed by atoms with Gasteiger partial charge >= 0.3 is 0 Å². The Morgan fingerprint density at radius 2 is 2.00 bits per heavy atom. The van der Waals surface area contributed by atoms with Gasteiger partial charge in [0.1, 0.15) is 5.75 Å². The normalized spacial score (nSPS) is 27.7. The largest absolute Gasteiger partial charge is 0.496 e. The Morgan fingerprint density at radius 1 is 1.12 bits per heavy atom. The Hall–Kier alpha value is -1.10. The van der Waals surface area contributed by atoms with Crippen LogP contribution in [-0.2, 0) is 11.2 Å². The molecule has 2 atom stereocenters. The zero-order chi connectivity index (χ0) is 16.4. The van der Waals surface area contributed by atoms with Gasteiger partial charge in [0.2, 0.25) is 0 Å². The van der Waals surface area contributed by atoms with E-state index in [1.807, 2.05) is 0 Å². The van der Waals surface area contributed by atoms with Crippen LogP contribution in [0.1, 0.15) is 36.3 Å². The number of rotatable bonds is 5. The van der Waals surface area contributed by atoms with E-state index in [0.29, 0.717) is 5.92 Å². The lowest BCUT2D eigenvalue weighted by molar-refractivity contribution is 0.0358. The summed E-state index contributed by atoms with van der Waals surface area (Å²) in [5, 5.41) is 0. The van der Waals surface area contributed by atoms with Crippen LogP contribution in [0.2, 0.25) is 0 Å². The van der Waals surface area contributed by atoms with E-state index in [1.54, 1.807) is 12.7 Å². The zero-order valence-electron chi connectivity index (χ0n) is 14.9. The molecule has 1 aromatic rings. The molecule has 0 radical (unpaired) electrons. The molecule has 2 fully saturated rings. The molecule has 0 unspecified atom stereocenters. The maximum atomic E-state index is 5.59. The van der Waals surface area contributed by atoms with Crippen LogP contribution in [-0.4, -0.2) is 68.9 Å². The summed E-state index contributed by atoms with van der Waals surface area (Å²) < 4.78 is 11.0. The topological polar surface area (TPSA) is 24.9 Å². The number of methoxy groups -OCH3 is 1. The molecule has 0 saturated carbocycles. The lowest BCUT2D eigenvalue weighted by atomic mass is 9.79. The summed E-state index contributed by atoms with van der Waals surface area (Å²) in [6.07, 6.45) is 5.05. The van der Waals surface area contributed by atoms with E-state index < -0.39 is 0 Å². The maximum Gasteiger partial charge on any atom is 0.122 e. The number of hydrogen-bond donors (Lipinski definition) is 0. The van der Waals surface area contributed by atoms with Crippen LogP contribution < -0.4 is 4.74 Å². The van der Waals surface area contributed by atoms with Crippen molar-refractivity contribution in [3.63, 3.8) is 0 Å². The summed E-state index contributed by atoms with van der Waals surface area (Å²) in [6, 6.07) is 7.37. The minimum Gasteiger partial charge on any atom is -0.496 e. The van der Waals surface area contributed by atoms with Crippen LogP contribution in [0, 0.1) is 0 Å². The van der Waals surface area contributed by atoms with Gasteiger partial charge in [0.05, 0.1) is 20.3 Å². The highest BCUT2D eigenvalue weighted by Crippen LogP contribution is 2.44. The van der Waals surface area contributed by atoms with Crippen molar-refractivity contribution in [2.75, 3.05) is 53.0 Å². The molecule has 1 aromatic carbocycles. The number of benzene rings is 1. The average molecular weight is 330 g/mol. The summed E-state index contributed by atoms with van der Waals surface area (Å²) in [7, 11) is 1.80. The number of likely N-dealkylation sites (tertiary alicyclic amines) is 1. The van der Waals surface area contributed by atoms with Gasteiger partial charge < -0.3 is 9.47 Å². The second-order valence-electron chi connectivity index (χ2n) is 7.37. The summed E-state index contributed by atoms with van der Waals surface area (Å²) >= 11 is 0. The third-order valence-electron chi connectivity index (χ3n) is 6.16. The van der Waals surface area contributed by atoms with Crippen molar-refractivity contribution < 1.29 is 9.47 Å². The second-order valence-corrected chi connectivity index (χ2v) is 7.37. The van der Waals surface area contributed by atoms with E-state index in [-0.39, 0.29) is 0 Å². The molecule has 0 spiro atoms. The van der Waals surface area contributed by atoms with Crippen molar-refractivity contribution in [2.24, 2.45) is 0 Å². The van der Waals surface area contributed by atoms with Gasteiger partial charge in [-0.2, -0.15) is 0 Å².